The summed E-state index contributed by atoms with van der Waals surface area (Å²) >= 11 is 0. The van der Waals surface area contributed by atoms with E-state index in [0.29, 0.717) is 5.69 Å². The number of hydrogen-bond acceptors (Lipinski definition) is 2. The molecule has 0 radical (unpaired) electrons. The first-order chi connectivity index (χ1) is 7.88. The molecule has 0 fully saturated rings. The summed E-state index contributed by atoms with van der Waals surface area (Å²) in [7, 11) is 0. The Labute approximate surface area is 97.1 Å². The molecule has 0 aromatic carbocycles. The number of pyridine rings is 1. The first-order valence-corrected chi connectivity index (χ1v) is 5.30. The molecule has 1 N–H and O–H groups in total. The highest BCUT2D eigenvalue weighted by Gasteiger charge is 2.25. The molecule has 6 heteroatoms. The van der Waals surface area contributed by atoms with Gasteiger partial charge in [-0.25, -0.2) is 4.39 Å². The average Bonchev–Trinajstić information content (AvgIpc) is 2.24. The molecular formula is C11H14F4N2. The predicted octanol–water partition coefficient (Wildman–Crippen LogP) is 3.21. The van der Waals surface area contributed by atoms with E-state index in [-0.39, 0.29) is 19.0 Å². The third-order valence-corrected chi connectivity index (χ3v) is 2.28. The highest BCUT2D eigenvalue weighted by molar-refractivity contribution is 5.08. The van der Waals surface area contributed by atoms with Gasteiger partial charge in [-0.3, -0.25) is 4.98 Å². The SMILES string of the molecule is CC(NCCCC(F)(F)F)c1ccc(F)cn1. The second kappa shape index (κ2) is 5.95. The largest absolute Gasteiger partial charge is 0.389 e. The number of hydrogen-bond donors (Lipinski definition) is 1. The van der Waals surface area contributed by atoms with E-state index in [0.717, 1.165) is 6.20 Å². The second-order valence-electron chi connectivity index (χ2n) is 3.80. The fraction of sp³-hybridized carbons (Fsp3) is 0.545. The molecule has 1 aromatic rings. The van der Waals surface area contributed by atoms with Gasteiger partial charge in [-0.15, -0.1) is 0 Å². The summed E-state index contributed by atoms with van der Waals surface area (Å²) in [6.07, 6.45) is -3.80. The van der Waals surface area contributed by atoms with Crippen molar-refractivity contribution in [1.29, 1.82) is 0 Å². The van der Waals surface area contributed by atoms with E-state index in [2.05, 4.69) is 10.3 Å². The molecule has 0 aliphatic heterocycles. The van der Waals surface area contributed by atoms with Gasteiger partial charge in [-0.1, -0.05) is 0 Å². The van der Waals surface area contributed by atoms with Crippen LogP contribution in [0, 0.1) is 5.82 Å². The normalized spacial score (nSPS) is 13.7. The van der Waals surface area contributed by atoms with Crippen LogP contribution >= 0.6 is 0 Å². The van der Waals surface area contributed by atoms with Crippen LogP contribution in [-0.4, -0.2) is 17.7 Å². The zero-order valence-corrected chi connectivity index (χ0v) is 9.39. The third kappa shape index (κ3) is 5.63. The standard InChI is InChI=1S/C11H14F4N2/c1-8(10-4-3-9(12)7-17-10)16-6-2-5-11(13,14)15/h3-4,7-8,16H,2,5-6H2,1H3. The minimum absolute atomic E-state index is 0.0229. The summed E-state index contributed by atoms with van der Waals surface area (Å²) in [6.45, 7) is 2.02. The Balaban J connectivity index is 2.30. The lowest BCUT2D eigenvalue weighted by atomic mass is 10.2. The molecule has 0 amide bonds. The smallest absolute Gasteiger partial charge is 0.309 e. The number of rotatable bonds is 5. The molecular weight excluding hydrogens is 236 g/mol. The summed E-state index contributed by atoms with van der Waals surface area (Å²) in [5, 5.41) is 2.91. The van der Waals surface area contributed by atoms with Gasteiger partial charge in [-0.2, -0.15) is 13.2 Å². The van der Waals surface area contributed by atoms with Crippen LogP contribution in [0.4, 0.5) is 17.6 Å². The van der Waals surface area contributed by atoms with Gasteiger partial charge in [0.05, 0.1) is 11.9 Å². The molecule has 17 heavy (non-hydrogen) atoms. The van der Waals surface area contributed by atoms with Crippen molar-refractivity contribution in [1.82, 2.24) is 10.3 Å². The molecule has 1 unspecified atom stereocenters. The highest BCUT2D eigenvalue weighted by Crippen LogP contribution is 2.21. The van der Waals surface area contributed by atoms with E-state index < -0.39 is 18.4 Å². The Kier molecular flexibility index (Phi) is 4.86. The van der Waals surface area contributed by atoms with Gasteiger partial charge in [0.25, 0.3) is 0 Å². The van der Waals surface area contributed by atoms with E-state index in [1.807, 2.05) is 0 Å². The number of alkyl halides is 3. The van der Waals surface area contributed by atoms with Gasteiger partial charge >= 0.3 is 6.18 Å². The highest BCUT2D eigenvalue weighted by atomic mass is 19.4. The average molecular weight is 250 g/mol. The molecule has 96 valence electrons. The minimum atomic E-state index is -4.11. The second-order valence-corrected chi connectivity index (χ2v) is 3.80. The molecule has 0 aliphatic carbocycles. The van der Waals surface area contributed by atoms with E-state index in [4.69, 9.17) is 0 Å². The lowest BCUT2D eigenvalue weighted by Crippen LogP contribution is -2.22. The van der Waals surface area contributed by atoms with Crippen molar-refractivity contribution in [3.63, 3.8) is 0 Å². The summed E-state index contributed by atoms with van der Waals surface area (Å²) in [5.74, 6) is -0.432. The van der Waals surface area contributed by atoms with Gasteiger partial charge in [0.15, 0.2) is 0 Å². The Hall–Kier alpha value is -1.17. The summed E-state index contributed by atoms with van der Waals surface area (Å²) in [6, 6.07) is 2.59. The Morgan fingerprint density at radius 2 is 2.06 bits per heavy atom. The van der Waals surface area contributed by atoms with Gasteiger partial charge in [0, 0.05) is 12.5 Å². The lowest BCUT2D eigenvalue weighted by molar-refractivity contribution is -0.135. The molecule has 1 heterocycles. The van der Waals surface area contributed by atoms with Gasteiger partial charge in [0.1, 0.15) is 5.82 Å². The van der Waals surface area contributed by atoms with E-state index >= 15 is 0 Å². The third-order valence-electron chi connectivity index (χ3n) is 2.28. The maximum absolute atomic E-state index is 12.6. The fourth-order valence-corrected chi connectivity index (χ4v) is 1.36. The van der Waals surface area contributed by atoms with Crippen LogP contribution in [0.3, 0.4) is 0 Å². The quantitative estimate of drug-likeness (QED) is 0.641. The monoisotopic (exact) mass is 250 g/mol. The van der Waals surface area contributed by atoms with Crippen LogP contribution in [0.1, 0.15) is 31.5 Å². The van der Waals surface area contributed by atoms with E-state index in [1.54, 1.807) is 6.92 Å². The van der Waals surface area contributed by atoms with Gasteiger partial charge in [0.2, 0.25) is 0 Å². The van der Waals surface area contributed by atoms with E-state index in [1.165, 1.54) is 12.1 Å². The van der Waals surface area contributed by atoms with Crippen LogP contribution in [0.2, 0.25) is 0 Å². The summed E-state index contributed by atoms with van der Waals surface area (Å²) in [5.41, 5.74) is 0.610. The Morgan fingerprint density at radius 1 is 1.35 bits per heavy atom. The number of aromatic nitrogens is 1. The van der Waals surface area contributed by atoms with Crippen molar-refractivity contribution >= 4 is 0 Å². The molecule has 0 aliphatic rings. The van der Waals surface area contributed by atoms with Crippen molar-refractivity contribution in [2.75, 3.05) is 6.54 Å². The maximum Gasteiger partial charge on any atom is 0.389 e. The predicted molar refractivity (Wildman–Crippen MR) is 55.9 cm³/mol. The van der Waals surface area contributed by atoms with Crippen molar-refractivity contribution in [3.8, 4) is 0 Å². The number of nitrogens with one attached hydrogen (secondary N) is 1. The molecule has 1 rings (SSSR count). The first-order valence-electron chi connectivity index (χ1n) is 5.30. The van der Waals surface area contributed by atoms with Crippen LogP contribution in [-0.2, 0) is 0 Å². The van der Waals surface area contributed by atoms with Gasteiger partial charge in [-0.05, 0) is 32.0 Å². The molecule has 0 bridgehead atoms. The molecule has 0 spiro atoms. The number of nitrogens with zero attached hydrogens (tertiary/aromatic N) is 1. The van der Waals surface area contributed by atoms with Crippen LogP contribution in [0.25, 0.3) is 0 Å². The van der Waals surface area contributed by atoms with Crippen molar-refractivity contribution < 1.29 is 17.6 Å². The Bertz CT molecular complexity index is 334. The molecule has 1 aromatic heterocycles. The Morgan fingerprint density at radius 3 is 2.59 bits per heavy atom. The molecule has 1 atom stereocenters. The topological polar surface area (TPSA) is 24.9 Å². The molecule has 2 nitrogen and oxygen atoms in total. The zero-order chi connectivity index (χ0) is 12.9. The van der Waals surface area contributed by atoms with Crippen molar-refractivity contribution in [2.24, 2.45) is 0 Å². The van der Waals surface area contributed by atoms with E-state index in [9.17, 15) is 17.6 Å². The molecule has 0 saturated carbocycles. The minimum Gasteiger partial charge on any atom is -0.309 e. The number of halogens is 4. The maximum atomic E-state index is 12.6. The van der Waals surface area contributed by atoms with Crippen LogP contribution in [0.15, 0.2) is 18.3 Å². The fourth-order valence-electron chi connectivity index (χ4n) is 1.36. The van der Waals surface area contributed by atoms with Gasteiger partial charge < -0.3 is 5.32 Å². The lowest BCUT2D eigenvalue weighted by Gasteiger charge is -2.13. The zero-order valence-electron chi connectivity index (χ0n) is 9.39. The van der Waals surface area contributed by atoms with Crippen molar-refractivity contribution in [2.45, 2.75) is 32.0 Å². The summed E-state index contributed by atoms with van der Waals surface area (Å²) in [4.78, 5) is 3.85. The molecule has 0 saturated heterocycles. The first kappa shape index (κ1) is 13.9. The summed E-state index contributed by atoms with van der Waals surface area (Å²) < 4.78 is 48.2. The van der Waals surface area contributed by atoms with Crippen LogP contribution < -0.4 is 5.32 Å². The van der Waals surface area contributed by atoms with Crippen molar-refractivity contribution in [3.05, 3.63) is 29.8 Å². The van der Waals surface area contributed by atoms with Crippen LogP contribution in [0.5, 0.6) is 0 Å².